The summed E-state index contributed by atoms with van der Waals surface area (Å²) >= 11 is 0. The number of nitrogens with zero attached hydrogens (tertiary/aromatic N) is 2. The number of carbonyl (C=O) groups is 1. The van der Waals surface area contributed by atoms with Gasteiger partial charge in [-0.25, -0.2) is 0 Å². The fourth-order valence-electron chi connectivity index (χ4n) is 1.55. The number of nitrogens with one attached hydrogen (secondary N) is 2. The summed E-state index contributed by atoms with van der Waals surface area (Å²) in [5.41, 5.74) is 0.895. The van der Waals surface area contributed by atoms with Crippen molar-refractivity contribution in [3.8, 4) is 0 Å². The van der Waals surface area contributed by atoms with Crippen LogP contribution in [-0.4, -0.2) is 16.1 Å². The lowest BCUT2D eigenvalue weighted by atomic mass is 10.1. The molecule has 1 aromatic heterocycles. The van der Waals surface area contributed by atoms with Crippen molar-refractivity contribution in [3.63, 3.8) is 0 Å². The SMILES string of the molecule is Cc1nnc(NC(=O)c2cc(C(F)(F)F)ccc2NN)o1. The van der Waals surface area contributed by atoms with Gasteiger partial charge in [0, 0.05) is 6.92 Å². The maximum atomic E-state index is 12.7. The van der Waals surface area contributed by atoms with Crippen molar-refractivity contribution in [3.05, 3.63) is 35.2 Å². The minimum Gasteiger partial charge on any atom is -0.408 e. The number of aryl methyl sites for hydroxylation is 1. The van der Waals surface area contributed by atoms with Crippen molar-refractivity contribution in [1.82, 2.24) is 10.2 Å². The molecule has 10 heteroatoms. The Labute approximate surface area is 116 Å². The minimum absolute atomic E-state index is 0.0248. The molecule has 0 radical (unpaired) electrons. The maximum absolute atomic E-state index is 12.7. The third kappa shape index (κ3) is 3.28. The first kappa shape index (κ1) is 14.8. The summed E-state index contributed by atoms with van der Waals surface area (Å²) in [5.74, 6) is 4.52. The van der Waals surface area contributed by atoms with Crippen LogP contribution in [-0.2, 0) is 6.18 Å². The van der Waals surface area contributed by atoms with Crippen LogP contribution in [0.1, 0.15) is 21.8 Å². The van der Waals surface area contributed by atoms with Gasteiger partial charge < -0.3 is 9.84 Å². The summed E-state index contributed by atoms with van der Waals surface area (Å²) in [4.78, 5) is 12.0. The van der Waals surface area contributed by atoms with Crippen LogP contribution in [0, 0.1) is 6.92 Å². The van der Waals surface area contributed by atoms with Gasteiger partial charge in [-0.05, 0) is 18.2 Å². The molecule has 1 amide bonds. The average Bonchev–Trinajstić information content (AvgIpc) is 2.82. The number of rotatable bonds is 3. The Bertz CT molecular complexity index is 668. The van der Waals surface area contributed by atoms with E-state index in [0.717, 1.165) is 12.1 Å². The fourth-order valence-corrected chi connectivity index (χ4v) is 1.55. The number of hydrogen-bond acceptors (Lipinski definition) is 6. The molecule has 0 atom stereocenters. The maximum Gasteiger partial charge on any atom is 0.416 e. The molecular formula is C11H10F3N5O2. The Balaban J connectivity index is 2.34. The van der Waals surface area contributed by atoms with E-state index in [-0.39, 0.29) is 23.2 Å². The lowest BCUT2D eigenvalue weighted by Gasteiger charge is -2.12. The predicted octanol–water partition coefficient (Wildman–Crippen LogP) is 1.93. The highest BCUT2D eigenvalue weighted by atomic mass is 19.4. The molecule has 1 heterocycles. The molecule has 7 nitrogen and oxygen atoms in total. The summed E-state index contributed by atoms with van der Waals surface area (Å²) in [6, 6.07) is 2.31. The monoisotopic (exact) mass is 301 g/mol. The van der Waals surface area contributed by atoms with Gasteiger partial charge in [-0.2, -0.15) is 13.2 Å². The van der Waals surface area contributed by atoms with E-state index in [4.69, 9.17) is 10.3 Å². The Morgan fingerprint density at radius 2 is 2.05 bits per heavy atom. The summed E-state index contributed by atoms with van der Waals surface area (Å²) in [7, 11) is 0. The molecule has 0 aliphatic rings. The average molecular weight is 301 g/mol. The van der Waals surface area contributed by atoms with Gasteiger partial charge in [0.25, 0.3) is 5.91 Å². The van der Waals surface area contributed by atoms with Crippen molar-refractivity contribution < 1.29 is 22.4 Å². The first-order chi connectivity index (χ1) is 9.81. The van der Waals surface area contributed by atoms with Crippen molar-refractivity contribution in [2.24, 2.45) is 5.84 Å². The highest BCUT2D eigenvalue weighted by molar-refractivity contribution is 6.07. The van der Waals surface area contributed by atoms with Crippen LogP contribution < -0.4 is 16.6 Å². The number of carbonyl (C=O) groups excluding carboxylic acids is 1. The van der Waals surface area contributed by atoms with Gasteiger partial charge in [-0.1, -0.05) is 5.10 Å². The number of nitrogen functional groups attached to an aromatic ring is 1. The molecule has 0 aliphatic heterocycles. The Hall–Kier alpha value is -2.62. The minimum atomic E-state index is -4.58. The number of hydrazine groups is 1. The largest absolute Gasteiger partial charge is 0.416 e. The van der Waals surface area contributed by atoms with Gasteiger partial charge in [0.1, 0.15) is 0 Å². The second-order valence-electron chi connectivity index (χ2n) is 3.98. The highest BCUT2D eigenvalue weighted by Gasteiger charge is 2.32. The molecule has 0 spiro atoms. The van der Waals surface area contributed by atoms with Crippen molar-refractivity contribution >= 4 is 17.6 Å². The lowest BCUT2D eigenvalue weighted by molar-refractivity contribution is -0.137. The number of alkyl halides is 3. The van der Waals surface area contributed by atoms with Crippen molar-refractivity contribution in [2.45, 2.75) is 13.1 Å². The first-order valence-electron chi connectivity index (χ1n) is 5.60. The van der Waals surface area contributed by atoms with Crippen LogP contribution >= 0.6 is 0 Å². The second-order valence-corrected chi connectivity index (χ2v) is 3.98. The van der Waals surface area contributed by atoms with Gasteiger partial charge in [-0.3, -0.25) is 16.0 Å². The molecule has 2 rings (SSSR count). The number of nitrogens with two attached hydrogens (primary N) is 1. The number of hydrogen-bond donors (Lipinski definition) is 3. The molecule has 0 saturated heterocycles. The van der Waals surface area contributed by atoms with E-state index in [2.05, 4.69) is 20.9 Å². The summed E-state index contributed by atoms with van der Waals surface area (Å²) in [6.45, 7) is 1.50. The van der Waals surface area contributed by atoms with Gasteiger partial charge in [0.2, 0.25) is 5.89 Å². The number of halogens is 3. The summed E-state index contributed by atoms with van der Waals surface area (Å²) in [5, 5.41) is 9.19. The van der Waals surface area contributed by atoms with Crippen LogP contribution in [0.4, 0.5) is 24.9 Å². The van der Waals surface area contributed by atoms with E-state index in [9.17, 15) is 18.0 Å². The second kappa shape index (κ2) is 5.40. The first-order valence-corrected chi connectivity index (χ1v) is 5.60. The number of aromatic nitrogens is 2. The fraction of sp³-hybridized carbons (Fsp3) is 0.182. The van der Waals surface area contributed by atoms with Crippen molar-refractivity contribution in [1.29, 1.82) is 0 Å². The Kier molecular flexibility index (Phi) is 3.80. The molecule has 0 bridgehead atoms. The van der Waals surface area contributed by atoms with Crippen LogP contribution in [0.15, 0.2) is 22.6 Å². The number of anilines is 2. The molecule has 4 N–H and O–H groups in total. The molecular weight excluding hydrogens is 291 g/mol. The van der Waals surface area contributed by atoms with Crippen LogP contribution in [0.25, 0.3) is 0 Å². The van der Waals surface area contributed by atoms with E-state index >= 15 is 0 Å². The third-order valence-corrected chi connectivity index (χ3v) is 2.49. The molecule has 0 fully saturated rings. The topological polar surface area (TPSA) is 106 Å². The van der Waals surface area contributed by atoms with E-state index in [1.165, 1.54) is 6.92 Å². The molecule has 0 unspecified atom stereocenters. The van der Waals surface area contributed by atoms with E-state index in [1.54, 1.807) is 0 Å². The van der Waals surface area contributed by atoms with Gasteiger partial charge in [0.15, 0.2) is 0 Å². The van der Waals surface area contributed by atoms with Gasteiger partial charge in [0.05, 0.1) is 16.8 Å². The smallest absolute Gasteiger partial charge is 0.408 e. The molecule has 21 heavy (non-hydrogen) atoms. The van der Waals surface area contributed by atoms with Gasteiger partial charge >= 0.3 is 12.2 Å². The molecule has 0 aliphatic carbocycles. The summed E-state index contributed by atoms with van der Waals surface area (Å²) < 4.78 is 42.9. The van der Waals surface area contributed by atoms with Crippen LogP contribution in [0.3, 0.4) is 0 Å². The third-order valence-electron chi connectivity index (χ3n) is 2.49. The summed E-state index contributed by atoms with van der Waals surface area (Å²) in [6.07, 6.45) is -4.58. The van der Waals surface area contributed by atoms with E-state index in [0.29, 0.717) is 6.07 Å². The quantitative estimate of drug-likeness (QED) is 0.591. The van der Waals surface area contributed by atoms with Gasteiger partial charge in [-0.15, -0.1) is 5.10 Å². The lowest BCUT2D eigenvalue weighted by Crippen LogP contribution is -2.19. The highest BCUT2D eigenvalue weighted by Crippen LogP contribution is 2.31. The van der Waals surface area contributed by atoms with Crippen LogP contribution in [0.5, 0.6) is 0 Å². The normalized spacial score (nSPS) is 11.3. The standard InChI is InChI=1S/C11H10F3N5O2/c1-5-18-19-10(21-5)16-9(20)7-4-6(11(12,13)14)2-3-8(7)17-15/h2-4,17H,15H2,1H3,(H,16,19,20). The zero-order valence-electron chi connectivity index (χ0n) is 10.7. The molecule has 0 saturated carbocycles. The van der Waals surface area contributed by atoms with E-state index < -0.39 is 17.6 Å². The molecule has 2 aromatic rings. The Morgan fingerprint density at radius 1 is 1.33 bits per heavy atom. The van der Waals surface area contributed by atoms with Crippen molar-refractivity contribution in [2.75, 3.05) is 10.7 Å². The predicted molar refractivity (Wildman–Crippen MR) is 66.2 cm³/mol. The number of benzene rings is 1. The number of amides is 1. The molecule has 1 aromatic carbocycles. The van der Waals surface area contributed by atoms with E-state index in [1.807, 2.05) is 0 Å². The zero-order chi connectivity index (χ0) is 15.6. The van der Waals surface area contributed by atoms with Crippen LogP contribution in [0.2, 0.25) is 0 Å². The molecule has 112 valence electrons. The Morgan fingerprint density at radius 3 is 2.57 bits per heavy atom. The zero-order valence-corrected chi connectivity index (χ0v) is 10.7.